The van der Waals surface area contributed by atoms with Crippen LogP contribution >= 0.6 is 0 Å². The first-order valence-corrected chi connectivity index (χ1v) is 4.98. The Morgan fingerprint density at radius 3 is 2.47 bits per heavy atom. The van der Waals surface area contributed by atoms with Gasteiger partial charge in [0.25, 0.3) is 0 Å². The van der Waals surface area contributed by atoms with Gasteiger partial charge in [0.15, 0.2) is 16.9 Å². The van der Waals surface area contributed by atoms with Gasteiger partial charge in [-0.05, 0) is 6.07 Å². The molecule has 0 unspecified atom stereocenters. The van der Waals surface area contributed by atoms with Gasteiger partial charge in [0.1, 0.15) is 11.8 Å². The summed E-state index contributed by atoms with van der Waals surface area (Å²) in [5.74, 6) is 0.933. The Balaban J connectivity index is 2.79. The summed E-state index contributed by atoms with van der Waals surface area (Å²) in [5.41, 5.74) is 0.337. The van der Waals surface area contributed by atoms with Gasteiger partial charge in [-0.1, -0.05) is 0 Å². The standard InChI is InChI=1S/C12H12O5/c1-15-10-3-8-9(4-11(10)16-2)17-6-7(5-13)12(8)14/h3-4,6,13H,5H2,1-2H3. The van der Waals surface area contributed by atoms with Crippen molar-refractivity contribution in [1.29, 1.82) is 0 Å². The minimum Gasteiger partial charge on any atom is -0.493 e. The number of benzene rings is 1. The van der Waals surface area contributed by atoms with Gasteiger partial charge >= 0.3 is 0 Å². The summed E-state index contributed by atoms with van der Waals surface area (Å²) in [7, 11) is 2.99. The zero-order valence-electron chi connectivity index (χ0n) is 9.52. The summed E-state index contributed by atoms with van der Waals surface area (Å²) in [5, 5.41) is 9.34. The van der Waals surface area contributed by atoms with Crippen LogP contribution in [0.25, 0.3) is 11.0 Å². The molecule has 0 aliphatic carbocycles. The monoisotopic (exact) mass is 236 g/mol. The fourth-order valence-electron chi connectivity index (χ4n) is 1.61. The van der Waals surface area contributed by atoms with Crippen molar-refractivity contribution in [2.45, 2.75) is 6.61 Å². The molecule has 0 aliphatic rings. The lowest BCUT2D eigenvalue weighted by molar-refractivity contribution is 0.277. The van der Waals surface area contributed by atoms with E-state index in [-0.39, 0.29) is 17.6 Å². The van der Waals surface area contributed by atoms with Crippen molar-refractivity contribution in [2.24, 2.45) is 0 Å². The third kappa shape index (κ3) is 1.85. The molecule has 0 atom stereocenters. The molecule has 0 radical (unpaired) electrons. The van der Waals surface area contributed by atoms with E-state index in [2.05, 4.69) is 0 Å². The Bertz CT molecular complexity index is 600. The molecule has 1 aromatic heterocycles. The molecule has 5 nitrogen and oxygen atoms in total. The van der Waals surface area contributed by atoms with Crippen LogP contribution in [-0.4, -0.2) is 19.3 Å². The highest BCUT2D eigenvalue weighted by Crippen LogP contribution is 2.30. The van der Waals surface area contributed by atoms with Gasteiger partial charge in [-0.25, -0.2) is 0 Å². The molecule has 0 aliphatic heterocycles. The second kappa shape index (κ2) is 4.47. The Kier molecular flexibility index (Phi) is 3.01. The van der Waals surface area contributed by atoms with Crippen LogP contribution in [0.3, 0.4) is 0 Å². The maximum atomic E-state index is 11.9. The van der Waals surface area contributed by atoms with Crippen molar-refractivity contribution >= 4 is 11.0 Å². The predicted octanol–water partition coefficient (Wildman–Crippen LogP) is 1.30. The predicted molar refractivity (Wildman–Crippen MR) is 61.5 cm³/mol. The number of aliphatic hydroxyl groups is 1. The first kappa shape index (κ1) is 11.5. The molecule has 0 fully saturated rings. The fraction of sp³-hybridized carbons (Fsp3) is 0.250. The van der Waals surface area contributed by atoms with Crippen LogP contribution in [0.15, 0.2) is 27.6 Å². The summed E-state index contributed by atoms with van der Waals surface area (Å²) < 4.78 is 15.5. The average Bonchev–Trinajstić information content (AvgIpc) is 2.38. The van der Waals surface area contributed by atoms with Crippen molar-refractivity contribution in [3.63, 3.8) is 0 Å². The molecular weight excluding hydrogens is 224 g/mol. The molecule has 1 aromatic carbocycles. The Hall–Kier alpha value is -2.01. The fourth-order valence-corrected chi connectivity index (χ4v) is 1.61. The number of methoxy groups -OCH3 is 2. The number of ether oxygens (including phenoxy) is 2. The highest BCUT2D eigenvalue weighted by Gasteiger charge is 2.11. The molecule has 90 valence electrons. The minimum atomic E-state index is -0.355. The maximum absolute atomic E-state index is 11.9. The van der Waals surface area contributed by atoms with E-state index in [0.717, 1.165) is 0 Å². The van der Waals surface area contributed by atoms with Gasteiger partial charge in [-0.2, -0.15) is 0 Å². The highest BCUT2D eigenvalue weighted by molar-refractivity contribution is 5.81. The van der Waals surface area contributed by atoms with Crippen molar-refractivity contribution < 1.29 is 19.0 Å². The van der Waals surface area contributed by atoms with Gasteiger partial charge in [0.05, 0.1) is 31.8 Å². The lowest BCUT2D eigenvalue weighted by atomic mass is 10.1. The van der Waals surface area contributed by atoms with E-state index in [1.165, 1.54) is 20.5 Å². The topological polar surface area (TPSA) is 68.9 Å². The summed E-state index contributed by atoms with van der Waals surface area (Å²) in [4.78, 5) is 11.9. The van der Waals surface area contributed by atoms with Gasteiger partial charge in [-0.15, -0.1) is 0 Å². The first-order chi connectivity index (χ1) is 8.21. The van der Waals surface area contributed by atoms with Crippen molar-refractivity contribution in [1.82, 2.24) is 0 Å². The summed E-state index contributed by atoms with van der Waals surface area (Å²) in [6.07, 6.45) is 1.25. The molecule has 0 spiro atoms. The minimum absolute atomic E-state index is 0.213. The van der Waals surface area contributed by atoms with Crippen LogP contribution in [0, 0.1) is 0 Å². The Morgan fingerprint density at radius 2 is 1.88 bits per heavy atom. The Labute approximate surface area is 97.2 Å². The van der Waals surface area contributed by atoms with Crippen molar-refractivity contribution in [3.8, 4) is 11.5 Å². The molecule has 2 aromatic rings. The normalized spacial score (nSPS) is 10.5. The lowest BCUT2D eigenvalue weighted by Crippen LogP contribution is -2.08. The molecule has 17 heavy (non-hydrogen) atoms. The smallest absolute Gasteiger partial charge is 0.198 e. The van der Waals surface area contributed by atoms with Gasteiger partial charge in [-0.3, -0.25) is 4.79 Å². The number of hydrogen-bond donors (Lipinski definition) is 1. The second-order valence-corrected chi connectivity index (χ2v) is 3.45. The van der Waals surface area contributed by atoms with E-state index in [4.69, 9.17) is 19.0 Å². The van der Waals surface area contributed by atoms with Crippen LogP contribution in [0.4, 0.5) is 0 Å². The molecule has 0 saturated carbocycles. The largest absolute Gasteiger partial charge is 0.493 e. The number of fused-ring (bicyclic) bond motifs is 1. The van der Waals surface area contributed by atoms with E-state index >= 15 is 0 Å². The van der Waals surface area contributed by atoms with E-state index < -0.39 is 0 Å². The van der Waals surface area contributed by atoms with Crippen LogP contribution < -0.4 is 14.9 Å². The van der Waals surface area contributed by atoms with Crippen LogP contribution in [0.5, 0.6) is 11.5 Å². The van der Waals surface area contributed by atoms with Crippen LogP contribution in [-0.2, 0) is 6.61 Å². The number of rotatable bonds is 3. The van der Waals surface area contributed by atoms with Crippen LogP contribution in [0.2, 0.25) is 0 Å². The molecule has 0 saturated heterocycles. The highest BCUT2D eigenvalue weighted by atomic mass is 16.5. The average molecular weight is 236 g/mol. The van der Waals surface area contributed by atoms with Crippen LogP contribution in [0.1, 0.15) is 5.56 Å². The lowest BCUT2D eigenvalue weighted by Gasteiger charge is -2.08. The third-order valence-electron chi connectivity index (χ3n) is 2.52. The van der Waals surface area contributed by atoms with Gasteiger partial charge in [0, 0.05) is 6.07 Å². The molecular formula is C12H12O5. The molecule has 1 heterocycles. The SMILES string of the molecule is COc1cc2occ(CO)c(=O)c2cc1OC. The third-order valence-corrected chi connectivity index (χ3v) is 2.52. The summed E-state index contributed by atoms with van der Waals surface area (Å²) in [6.45, 7) is -0.355. The molecule has 1 N–H and O–H groups in total. The number of aliphatic hydroxyl groups excluding tert-OH is 1. The van der Waals surface area contributed by atoms with Gasteiger partial charge < -0.3 is 19.0 Å². The zero-order chi connectivity index (χ0) is 12.4. The number of hydrogen-bond acceptors (Lipinski definition) is 5. The maximum Gasteiger partial charge on any atom is 0.198 e. The van der Waals surface area contributed by atoms with Crippen molar-refractivity contribution in [2.75, 3.05) is 14.2 Å². The van der Waals surface area contributed by atoms with E-state index in [1.54, 1.807) is 12.1 Å². The molecule has 0 amide bonds. The van der Waals surface area contributed by atoms with Crippen molar-refractivity contribution in [3.05, 3.63) is 34.2 Å². The molecule has 0 bridgehead atoms. The van der Waals surface area contributed by atoms with E-state index in [9.17, 15) is 4.79 Å². The Morgan fingerprint density at radius 1 is 1.24 bits per heavy atom. The second-order valence-electron chi connectivity index (χ2n) is 3.45. The van der Waals surface area contributed by atoms with Gasteiger partial charge in [0.2, 0.25) is 0 Å². The summed E-state index contributed by atoms with van der Waals surface area (Å²) in [6, 6.07) is 3.12. The summed E-state index contributed by atoms with van der Waals surface area (Å²) >= 11 is 0. The quantitative estimate of drug-likeness (QED) is 0.869. The molecule has 5 heteroatoms. The van der Waals surface area contributed by atoms with E-state index in [1.807, 2.05) is 0 Å². The zero-order valence-corrected chi connectivity index (χ0v) is 9.52. The first-order valence-electron chi connectivity index (χ1n) is 4.98. The van der Waals surface area contributed by atoms with E-state index in [0.29, 0.717) is 22.5 Å². The molecule has 2 rings (SSSR count).